The van der Waals surface area contributed by atoms with Gasteiger partial charge < -0.3 is 14.8 Å². The lowest BCUT2D eigenvalue weighted by atomic mass is 10.1. The summed E-state index contributed by atoms with van der Waals surface area (Å²) in [4.78, 5) is 10.9. The van der Waals surface area contributed by atoms with Gasteiger partial charge in [0, 0.05) is 30.8 Å². The number of nitrogens with zero attached hydrogens (tertiary/aromatic N) is 2. The molecule has 1 amide bonds. The number of carbonyl (C=O) groups excluding carboxylic acids is 1. The van der Waals surface area contributed by atoms with E-state index in [9.17, 15) is 4.79 Å². The Kier molecular flexibility index (Phi) is 9.17. The highest BCUT2D eigenvalue weighted by atomic mass is 16.5. The van der Waals surface area contributed by atoms with Gasteiger partial charge in [0.1, 0.15) is 13.2 Å². The molecule has 0 aliphatic heterocycles. The number of amides is 1. The third kappa shape index (κ3) is 7.68. The first-order chi connectivity index (χ1) is 13.2. The van der Waals surface area contributed by atoms with E-state index < -0.39 is 0 Å². The molecule has 0 radical (unpaired) electrons. The van der Waals surface area contributed by atoms with Gasteiger partial charge in [0.2, 0.25) is 5.91 Å². The maximum Gasteiger partial charge on any atom is 0.243 e. The van der Waals surface area contributed by atoms with Crippen molar-refractivity contribution in [3.05, 3.63) is 61.7 Å². The van der Waals surface area contributed by atoms with E-state index in [-0.39, 0.29) is 5.91 Å². The Balaban J connectivity index is 1.60. The Hall–Kier alpha value is -2.57. The SMILES string of the molecule is C=CC(=O)NCCOCCOCC[n+]1ccc(-c2cc[n+](CC)cc2)cc1. The van der Waals surface area contributed by atoms with Gasteiger partial charge in [0.25, 0.3) is 0 Å². The third-order valence-corrected chi connectivity index (χ3v) is 4.08. The summed E-state index contributed by atoms with van der Waals surface area (Å²) in [7, 11) is 0. The van der Waals surface area contributed by atoms with Crippen LogP contribution in [0.3, 0.4) is 0 Å². The molecule has 0 spiro atoms. The van der Waals surface area contributed by atoms with Crippen LogP contribution in [0.25, 0.3) is 11.1 Å². The number of ether oxygens (including phenoxy) is 2. The lowest BCUT2D eigenvalue weighted by molar-refractivity contribution is -0.698. The normalized spacial score (nSPS) is 10.6. The van der Waals surface area contributed by atoms with E-state index in [0.29, 0.717) is 33.0 Å². The number of aryl methyl sites for hydroxylation is 1. The van der Waals surface area contributed by atoms with Gasteiger partial charge in [-0.1, -0.05) is 6.58 Å². The number of carbonyl (C=O) groups is 1. The molecule has 0 saturated heterocycles. The summed E-state index contributed by atoms with van der Waals surface area (Å²) in [5.41, 5.74) is 2.41. The van der Waals surface area contributed by atoms with Crippen LogP contribution in [0, 0.1) is 0 Å². The lowest BCUT2D eigenvalue weighted by Gasteiger charge is -2.05. The van der Waals surface area contributed by atoms with Crippen molar-refractivity contribution in [3.8, 4) is 11.1 Å². The van der Waals surface area contributed by atoms with Crippen molar-refractivity contribution in [2.75, 3.05) is 33.0 Å². The molecule has 144 valence electrons. The zero-order valence-corrected chi connectivity index (χ0v) is 16.0. The van der Waals surface area contributed by atoms with Crippen molar-refractivity contribution in [1.82, 2.24) is 5.32 Å². The van der Waals surface area contributed by atoms with E-state index in [4.69, 9.17) is 9.47 Å². The summed E-state index contributed by atoms with van der Waals surface area (Å²) in [5.74, 6) is -0.185. The molecule has 0 aromatic carbocycles. The minimum atomic E-state index is -0.185. The molecule has 1 N–H and O–H groups in total. The van der Waals surface area contributed by atoms with Gasteiger partial charge in [-0.3, -0.25) is 4.79 Å². The van der Waals surface area contributed by atoms with Crippen LogP contribution in [0.1, 0.15) is 6.92 Å². The molecule has 0 aliphatic carbocycles. The van der Waals surface area contributed by atoms with E-state index in [2.05, 4.69) is 77.0 Å². The number of nitrogens with one attached hydrogen (secondary N) is 1. The molecule has 2 heterocycles. The molecule has 2 aromatic rings. The highest BCUT2D eigenvalue weighted by Gasteiger charge is 2.05. The highest BCUT2D eigenvalue weighted by molar-refractivity contribution is 5.86. The number of hydrogen-bond donors (Lipinski definition) is 1. The summed E-state index contributed by atoms with van der Waals surface area (Å²) < 4.78 is 15.2. The minimum absolute atomic E-state index is 0.185. The Labute approximate surface area is 161 Å². The second-order valence-corrected chi connectivity index (χ2v) is 5.96. The van der Waals surface area contributed by atoms with Gasteiger partial charge in [0.05, 0.1) is 19.8 Å². The molecule has 2 aromatic heterocycles. The van der Waals surface area contributed by atoms with Gasteiger partial charge in [-0.05, 0) is 24.1 Å². The molecule has 0 bridgehead atoms. The maximum atomic E-state index is 10.9. The first-order valence-electron chi connectivity index (χ1n) is 9.27. The second-order valence-electron chi connectivity index (χ2n) is 5.96. The van der Waals surface area contributed by atoms with Crippen LogP contribution < -0.4 is 14.5 Å². The van der Waals surface area contributed by atoms with Crippen LogP contribution in [0.2, 0.25) is 0 Å². The Morgan fingerprint density at radius 2 is 1.52 bits per heavy atom. The van der Waals surface area contributed by atoms with Gasteiger partial charge in [-0.15, -0.1) is 0 Å². The van der Waals surface area contributed by atoms with Gasteiger partial charge in [0.15, 0.2) is 31.3 Å². The monoisotopic (exact) mass is 371 g/mol. The summed E-state index contributed by atoms with van der Waals surface area (Å²) in [6.07, 6.45) is 9.57. The summed E-state index contributed by atoms with van der Waals surface area (Å²) >= 11 is 0. The van der Waals surface area contributed by atoms with Crippen molar-refractivity contribution < 1.29 is 23.4 Å². The number of aromatic nitrogens is 2. The van der Waals surface area contributed by atoms with Crippen molar-refractivity contribution >= 4 is 5.91 Å². The molecule has 6 heteroatoms. The largest absolute Gasteiger partial charge is 0.377 e. The molecule has 2 rings (SSSR count). The highest BCUT2D eigenvalue weighted by Crippen LogP contribution is 2.15. The fourth-order valence-electron chi connectivity index (χ4n) is 2.47. The lowest BCUT2D eigenvalue weighted by Crippen LogP contribution is -2.35. The van der Waals surface area contributed by atoms with Gasteiger partial charge in [-0.2, -0.15) is 0 Å². The Morgan fingerprint density at radius 1 is 0.963 bits per heavy atom. The van der Waals surface area contributed by atoms with Crippen LogP contribution in [0.4, 0.5) is 0 Å². The fourth-order valence-corrected chi connectivity index (χ4v) is 2.47. The zero-order valence-electron chi connectivity index (χ0n) is 16.0. The number of rotatable bonds is 12. The van der Waals surface area contributed by atoms with Crippen LogP contribution >= 0.6 is 0 Å². The van der Waals surface area contributed by atoms with Crippen molar-refractivity contribution in [3.63, 3.8) is 0 Å². The molecule has 0 fully saturated rings. The minimum Gasteiger partial charge on any atom is -0.377 e. The van der Waals surface area contributed by atoms with Crippen LogP contribution in [-0.4, -0.2) is 38.9 Å². The number of pyridine rings is 2. The quantitative estimate of drug-likeness (QED) is 0.347. The van der Waals surface area contributed by atoms with E-state index in [0.717, 1.165) is 13.1 Å². The van der Waals surface area contributed by atoms with E-state index in [1.165, 1.54) is 17.2 Å². The first-order valence-corrected chi connectivity index (χ1v) is 9.27. The molecule has 0 aliphatic rings. The molecule has 6 nitrogen and oxygen atoms in total. The molecule has 0 saturated carbocycles. The second kappa shape index (κ2) is 11.9. The predicted molar refractivity (Wildman–Crippen MR) is 103 cm³/mol. The average molecular weight is 371 g/mol. The summed E-state index contributed by atoms with van der Waals surface area (Å²) in [6.45, 7) is 9.91. The van der Waals surface area contributed by atoms with Crippen LogP contribution in [-0.2, 0) is 27.4 Å². The van der Waals surface area contributed by atoms with Gasteiger partial charge >= 0.3 is 0 Å². The average Bonchev–Trinajstić information content (AvgIpc) is 2.73. The Morgan fingerprint density at radius 3 is 2.07 bits per heavy atom. The molecular formula is C21H29N3O3+2. The molecular weight excluding hydrogens is 342 g/mol. The van der Waals surface area contributed by atoms with Crippen molar-refractivity contribution in [1.29, 1.82) is 0 Å². The van der Waals surface area contributed by atoms with E-state index >= 15 is 0 Å². The third-order valence-electron chi connectivity index (χ3n) is 4.08. The Bertz CT molecular complexity index is 700. The molecule has 0 atom stereocenters. The van der Waals surface area contributed by atoms with E-state index in [1.54, 1.807) is 0 Å². The van der Waals surface area contributed by atoms with Crippen LogP contribution in [0.5, 0.6) is 0 Å². The molecule has 0 unspecified atom stereocenters. The fraction of sp³-hybridized carbons (Fsp3) is 0.381. The van der Waals surface area contributed by atoms with Crippen LogP contribution in [0.15, 0.2) is 61.7 Å². The first kappa shape index (κ1) is 20.7. The van der Waals surface area contributed by atoms with Crippen molar-refractivity contribution in [2.45, 2.75) is 20.0 Å². The zero-order chi connectivity index (χ0) is 19.3. The summed E-state index contributed by atoms with van der Waals surface area (Å²) in [6, 6.07) is 8.50. The predicted octanol–water partition coefficient (Wildman–Crippen LogP) is 1.28. The number of hydrogen-bond acceptors (Lipinski definition) is 3. The van der Waals surface area contributed by atoms with Gasteiger partial charge in [-0.25, -0.2) is 9.13 Å². The summed E-state index contributed by atoms with van der Waals surface area (Å²) in [5, 5.41) is 2.65. The van der Waals surface area contributed by atoms with Crippen molar-refractivity contribution in [2.24, 2.45) is 0 Å². The van der Waals surface area contributed by atoms with E-state index in [1.807, 2.05) is 0 Å². The topological polar surface area (TPSA) is 55.3 Å². The molecule has 27 heavy (non-hydrogen) atoms. The standard InChI is InChI=1S/C21H28N3O3/c1-3-21(25)22-9-15-26-17-18-27-16-14-24-12-7-20(8-13-24)19-5-10-23(4-2)11-6-19/h3,5-8,10-13H,1,4,9,14-18H2,2H3/q+1/p+1. The maximum absolute atomic E-state index is 10.9. The smallest absolute Gasteiger partial charge is 0.243 e.